The van der Waals surface area contributed by atoms with Crippen LogP contribution >= 0.6 is 11.8 Å². The minimum Gasteiger partial charge on any atom is -0.481 e. The summed E-state index contributed by atoms with van der Waals surface area (Å²) in [5.74, 6) is -1.44. The summed E-state index contributed by atoms with van der Waals surface area (Å²) in [6.07, 6.45) is 3.08. The van der Waals surface area contributed by atoms with E-state index in [1.165, 1.54) is 0 Å². The Hall–Kier alpha value is -0.390. The van der Waals surface area contributed by atoms with E-state index in [0.29, 0.717) is 25.7 Å². The molecule has 0 spiro atoms. The molecule has 1 rings (SSSR count). The summed E-state index contributed by atoms with van der Waals surface area (Å²) in [7, 11) is 0. The van der Waals surface area contributed by atoms with E-state index in [9.17, 15) is 18.0 Å². The van der Waals surface area contributed by atoms with E-state index in [1.807, 2.05) is 0 Å². The molecule has 0 atom stereocenters. The molecule has 1 N–H and O–H groups in total. The Balaban J connectivity index is 2.61. The van der Waals surface area contributed by atoms with E-state index >= 15 is 0 Å². The van der Waals surface area contributed by atoms with Crippen molar-refractivity contribution in [2.75, 3.05) is 5.75 Å². The summed E-state index contributed by atoms with van der Waals surface area (Å²) in [5.41, 5.74) is -5.49. The number of thioether (sulfide) groups is 1. The molecule has 0 aromatic carbocycles. The van der Waals surface area contributed by atoms with Crippen LogP contribution in [0, 0.1) is 5.41 Å². The molecule has 0 radical (unpaired) electrons. The molecule has 88 valence electrons. The van der Waals surface area contributed by atoms with E-state index in [4.69, 9.17) is 5.11 Å². The Morgan fingerprint density at radius 1 is 1.27 bits per heavy atom. The molecule has 15 heavy (non-hydrogen) atoms. The van der Waals surface area contributed by atoms with Crippen molar-refractivity contribution in [3.8, 4) is 0 Å². The molecule has 1 aliphatic rings. The quantitative estimate of drug-likeness (QED) is 0.825. The lowest BCUT2D eigenvalue weighted by molar-refractivity contribution is -0.149. The first-order chi connectivity index (χ1) is 6.86. The maximum Gasteiger partial charge on any atom is 0.441 e. The zero-order valence-corrected chi connectivity index (χ0v) is 8.96. The first-order valence-electron chi connectivity index (χ1n) is 4.80. The van der Waals surface area contributed by atoms with Gasteiger partial charge in [0, 0.05) is 5.75 Å². The van der Waals surface area contributed by atoms with Crippen molar-refractivity contribution in [2.24, 2.45) is 5.41 Å². The molecule has 0 unspecified atom stereocenters. The standard InChI is InChI=1S/C9H13F3O2S/c10-9(11,12)15-6-8(7(13)14)4-2-1-3-5-8/h1-6H2,(H,13,14). The number of carbonyl (C=O) groups is 1. The van der Waals surface area contributed by atoms with Crippen LogP contribution in [0.5, 0.6) is 0 Å². The summed E-state index contributed by atoms with van der Waals surface area (Å²) in [6.45, 7) is 0. The number of halogens is 3. The van der Waals surface area contributed by atoms with E-state index in [2.05, 4.69) is 0 Å². The maximum atomic E-state index is 12.0. The molecule has 2 nitrogen and oxygen atoms in total. The van der Waals surface area contributed by atoms with Crippen molar-refractivity contribution < 1.29 is 23.1 Å². The number of aliphatic carboxylic acids is 1. The Labute approximate surface area is 90.2 Å². The van der Waals surface area contributed by atoms with Gasteiger partial charge in [0.1, 0.15) is 0 Å². The highest BCUT2D eigenvalue weighted by molar-refractivity contribution is 8.00. The predicted octanol–water partition coefficient (Wildman–Crippen LogP) is 3.27. The molecular formula is C9H13F3O2S. The fourth-order valence-corrected chi connectivity index (χ4v) is 2.72. The lowest BCUT2D eigenvalue weighted by Gasteiger charge is -2.32. The van der Waals surface area contributed by atoms with Gasteiger partial charge in [-0.1, -0.05) is 19.3 Å². The van der Waals surface area contributed by atoms with Crippen LogP contribution in [0.15, 0.2) is 0 Å². The SMILES string of the molecule is O=C(O)C1(CSC(F)(F)F)CCCCC1. The van der Waals surface area contributed by atoms with Gasteiger partial charge in [-0.15, -0.1) is 0 Å². The van der Waals surface area contributed by atoms with Crippen LogP contribution in [0.2, 0.25) is 0 Å². The average molecular weight is 242 g/mol. The molecule has 1 fully saturated rings. The van der Waals surface area contributed by atoms with Gasteiger partial charge in [0.15, 0.2) is 0 Å². The van der Waals surface area contributed by atoms with Gasteiger partial charge in [-0.25, -0.2) is 0 Å². The molecule has 0 amide bonds. The van der Waals surface area contributed by atoms with Crippen molar-refractivity contribution >= 4 is 17.7 Å². The Morgan fingerprint density at radius 3 is 2.20 bits per heavy atom. The first-order valence-corrected chi connectivity index (χ1v) is 5.78. The van der Waals surface area contributed by atoms with Gasteiger partial charge < -0.3 is 5.11 Å². The van der Waals surface area contributed by atoms with E-state index in [1.54, 1.807) is 0 Å². The van der Waals surface area contributed by atoms with Gasteiger partial charge in [0.2, 0.25) is 0 Å². The smallest absolute Gasteiger partial charge is 0.441 e. The third kappa shape index (κ3) is 3.59. The van der Waals surface area contributed by atoms with Crippen molar-refractivity contribution in [3.63, 3.8) is 0 Å². The molecule has 0 aromatic rings. The number of carboxylic acid groups (broad SMARTS) is 1. The average Bonchev–Trinajstić information content (AvgIpc) is 2.15. The summed E-state index contributed by atoms with van der Waals surface area (Å²) >= 11 is -0.214. The number of rotatable bonds is 3. The summed E-state index contributed by atoms with van der Waals surface area (Å²) in [5, 5.41) is 9.00. The minimum atomic E-state index is -4.33. The van der Waals surface area contributed by atoms with Crippen LogP contribution in [0.1, 0.15) is 32.1 Å². The Kier molecular flexibility index (Phi) is 3.92. The van der Waals surface area contributed by atoms with E-state index in [-0.39, 0.29) is 17.5 Å². The lowest BCUT2D eigenvalue weighted by Crippen LogP contribution is -2.36. The third-order valence-corrected chi connectivity index (χ3v) is 3.80. The monoisotopic (exact) mass is 242 g/mol. The summed E-state index contributed by atoms with van der Waals surface area (Å²) in [6, 6.07) is 0. The highest BCUT2D eigenvalue weighted by Crippen LogP contribution is 2.43. The molecule has 0 aromatic heterocycles. The summed E-state index contributed by atoms with van der Waals surface area (Å²) < 4.78 is 36.0. The minimum absolute atomic E-state index is 0.214. The number of carboxylic acids is 1. The number of hydrogen-bond donors (Lipinski definition) is 1. The van der Waals surface area contributed by atoms with Crippen LogP contribution in [-0.2, 0) is 4.79 Å². The van der Waals surface area contributed by atoms with Crippen molar-refractivity contribution in [1.82, 2.24) is 0 Å². The Morgan fingerprint density at radius 2 is 1.80 bits per heavy atom. The van der Waals surface area contributed by atoms with Crippen LogP contribution in [0.4, 0.5) is 13.2 Å². The third-order valence-electron chi connectivity index (χ3n) is 2.78. The maximum absolute atomic E-state index is 12.0. The molecule has 1 aliphatic carbocycles. The van der Waals surface area contributed by atoms with Crippen LogP contribution in [-0.4, -0.2) is 22.3 Å². The van der Waals surface area contributed by atoms with Crippen molar-refractivity contribution in [2.45, 2.75) is 37.6 Å². The predicted molar refractivity (Wildman–Crippen MR) is 51.7 cm³/mol. The van der Waals surface area contributed by atoms with Gasteiger partial charge in [0.25, 0.3) is 0 Å². The summed E-state index contributed by atoms with van der Waals surface area (Å²) in [4.78, 5) is 11.0. The molecule has 0 aliphatic heterocycles. The van der Waals surface area contributed by atoms with Crippen molar-refractivity contribution in [3.05, 3.63) is 0 Å². The normalized spacial score (nSPS) is 21.3. The Bertz CT molecular complexity index is 234. The van der Waals surface area contributed by atoms with Crippen LogP contribution in [0.25, 0.3) is 0 Å². The number of alkyl halides is 3. The largest absolute Gasteiger partial charge is 0.481 e. The topological polar surface area (TPSA) is 37.3 Å². The highest BCUT2D eigenvalue weighted by atomic mass is 32.2. The van der Waals surface area contributed by atoms with E-state index in [0.717, 1.165) is 6.42 Å². The second-order valence-electron chi connectivity index (χ2n) is 3.88. The molecule has 0 saturated heterocycles. The molecule has 1 saturated carbocycles. The van der Waals surface area contributed by atoms with Crippen LogP contribution < -0.4 is 0 Å². The van der Waals surface area contributed by atoms with Gasteiger partial charge in [0.05, 0.1) is 5.41 Å². The second kappa shape index (κ2) is 4.63. The fourth-order valence-electron chi connectivity index (χ4n) is 1.87. The molecule has 0 bridgehead atoms. The van der Waals surface area contributed by atoms with E-state index < -0.39 is 16.9 Å². The second-order valence-corrected chi connectivity index (χ2v) is 4.92. The first kappa shape index (κ1) is 12.7. The molecule has 6 heteroatoms. The molecular weight excluding hydrogens is 229 g/mol. The fraction of sp³-hybridized carbons (Fsp3) is 0.889. The highest BCUT2D eigenvalue weighted by Gasteiger charge is 2.43. The number of hydrogen-bond acceptors (Lipinski definition) is 2. The zero-order chi connectivity index (χ0) is 11.5. The van der Waals surface area contributed by atoms with Gasteiger partial charge in [-0.05, 0) is 24.6 Å². The lowest BCUT2D eigenvalue weighted by atomic mass is 9.76. The van der Waals surface area contributed by atoms with Gasteiger partial charge >= 0.3 is 11.5 Å². The zero-order valence-electron chi connectivity index (χ0n) is 8.14. The van der Waals surface area contributed by atoms with Crippen LogP contribution in [0.3, 0.4) is 0 Å². The van der Waals surface area contributed by atoms with Crippen molar-refractivity contribution in [1.29, 1.82) is 0 Å². The van der Waals surface area contributed by atoms with Gasteiger partial charge in [-0.2, -0.15) is 13.2 Å². The molecule has 0 heterocycles. The van der Waals surface area contributed by atoms with Gasteiger partial charge in [-0.3, -0.25) is 4.79 Å².